The highest BCUT2D eigenvalue weighted by Crippen LogP contribution is 2.39. The van der Waals surface area contributed by atoms with Gasteiger partial charge in [-0.2, -0.15) is 5.26 Å². The molecule has 42 heavy (non-hydrogen) atoms. The van der Waals surface area contributed by atoms with Gasteiger partial charge in [-0.3, -0.25) is 0 Å². The molecule has 0 amide bonds. The minimum atomic E-state index is 0.729. The lowest BCUT2D eigenvalue weighted by Gasteiger charge is -2.27. The van der Waals surface area contributed by atoms with Crippen LogP contribution in [0.15, 0.2) is 140 Å². The van der Waals surface area contributed by atoms with Gasteiger partial charge < -0.3 is 4.90 Å². The van der Waals surface area contributed by atoms with Gasteiger partial charge in [0.15, 0.2) is 0 Å². The van der Waals surface area contributed by atoms with Crippen LogP contribution in [-0.4, -0.2) is 0 Å². The summed E-state index contributed by atoms with van der Waals surface area (Å²) in [4.78, 5) is 2.33. The third-order valence-corrected chi connectivity index (χ3v) is 7.98. The SMILES string of the molecule is Cc1ccc(N(c2ccc(C=Cc3c4ccccc4c(C#N)c4ccccc34)cc2)c2cccc3ccccc23)cc1. The minimum Gasteiger partial charge on any atom is -0.310 e. The van der Waals surface area contributed by atoms with E-state index in [0.717, 1.165) is 55.3 Å². The van der Waals surface area contributed by atoms with Crippen LogP contribution >= 0.6 is 0 Å². The summed E-state index contributed by atoms with van der Waals surface area (Å²) in [5.41, 5.74) is 7.57. The molecule has 0 aliphatic carbocycles. The van der Waals surface area contributed by atoms with E-state index in [1.54, 1.807) is 0 Å². The van der Waals surface area contributed by atoms with Gasteiger partial charge in [0.2, 0.25) is 0 Å². The van der Waals surface area contributed by atoms with Crippen LogP contribution in [0.2, 0.25) is 0 Å². The molecule has 0 fully saturated rings. The van der Waals surface area contributed by atoms with Crippen LogP contribution in [0.4, 0.5) is 17.1 Å². The van der Waals surface area contributed by atoms with Crippen molar-refractivity contribution >= 4 is 61.5 Å². The molecule has 0 spiro atoms. The van der Waals surface area contributed by atoms with Gasteiger partial charge in [-0.1, -0.05) is 127 Å². The molecule has 0 saturated carbocycles. The zero-order valence-corrected chi connectivity index (χ0v) is 23.3. The number of rotatable bonds is 5. The molecule has 198 valence electrons. The second-order valence-electron chi connectivity index (χ2n) is 10.6. The highest BCUT2D eigenvalue weighted by Gasteiger charge is 2.15. The number of nitriles is 1. The Morgan fingerprint density at radius 3 is 1.67 bits per heavy atom. The molecule has 0 N–H and O–H groups in total. The summed E-state index contributed by atoms with van der Waals surface area (Å²) in [6.45, 7) is 2.12. The molecular weight excluding hydrogens is 508 g/mol. The van der Waals surface area contributed by atoms with E-state index >= 15 is 0 Å². The van der Waals surface area contributed by atoms with Crippen LogP contribution < -0.4 is 4.90 Å². The zero-order chi connectivity index (χ0) is 28.5. The second kappa shape index (κ2) is 10.7. The molecule has 2 nitrogen and oxygen atoms in total. The average molecular weight is 537 g/mol. The van der Waals surface area contributed by atoms with Crippen LogP contribution in [0.3, 0.4) is 0 Å². The first kappa shape index (κ1) is 25.3. The Bertz CT molecular complexity index is 2080. The summed E-state index contributed by atoms with van der Waals surface area (Å²) in [6, 6.07) is 51.3. The average Bonchev–Trinajstić information content (AvgIpc) is 3.05. The number of nitrogens with zero attached hydrogens (tertiary/aromatic N) is 2. The molecule has 7 aromatic carbocycles. The Balaban J connectivity index is 1.32. The van der Waals surface area contributed by atoms with Crippen molar-refractivity contribution in [2.75, 3.05) is 4.90 Å². The Kier molecular flexibility index (Phi) is 6.47. The van der Waals surface area contributed by atoms with E-state index in [0.29, 0.717) is 0 Å². The van der Waals surface area contributed by atoms with E-state index in [1.807, 2.05) is 36.4 Å². The molecule has 0 unspecified atom stereocenters. The van der Waals surface area contributed by atoms with Crippen LogP contribution in [0.1, 0.15) is 22.3 Å². The smallest absolute Gasteiger partial charge is 0.100 e. The summed E-state index contributed by atoms with van der Waals surface area (Å²) in [7, 11) is 0. The van der Waals surface area contributed by atoms with Gasteiger partial charge in [0.25, 0.3) is 0 Å². The third-order valence-electron chi connectivity index (χ3n) is 7.98. The molecule has 0 heterocycles. The van der Waals surface area contributed by atoms with Crippen molar-refractivity contribution in [1.82, 2.24) is 0 Å². The predicted octanol–water partition coefficient (Wildman–Crippen LogP) is 11.0. The summed E-state index contributed by atoms with van der Waals surface area (Å²) in [5.74, 6) is 0. The standard InChI is InChI=1S/C40H28N2/c1-28-17-22-31(23-18-28)42(40-16-8-10-30-9-2-3-11-33(30)40)32-24-19-29(20-25-32)21-26-38-34-12-4-6-14-36(34)39(27-41)37-15-7-5-13-35(37)38/h2-26H,1H3. The first-order valence-electron chi connectivity index (χ1n) is 14.2. The Labute approximate surface area is 246 Å². The molecule has 7 rings (SSSR count). The number of fused-ring (bicyclic) bond motifs is 3. The largest absolute Gasteiger partial charge is 0.310 e. The van der Waals surface area contributed by atoms with Crippen molar-refractivity contribution < 1.29 is 0 Å². The van der Waals surface area contributed by atoms with Crippen molar-refractivity contribution in [3.63, 3.8) is 0 Å². The Morgan fingerprint density at radius 1 is 0.524 bits per heavy atom. The van der Waals surface area contributed by atoms with E-state index in [4.69, 9.17) is 0 Å². The number of aryl methyl sites for hydroxylation is 1. The van der Waals surface area contributed by atoms with Gasteiger partial charge in [-0.05, 0) is 64.5 Å². The van der Waals surface area contributed by atoms with Crippen LogP contribution in [0.25, 0.3) is 44.5 Å². The normalized spacial score (nSPS) is 11.3. The predicted molar refractivity (Wildman–Crippen MR) is 178 cm³/mol. The molecule has 2 heteroatoms. The van der Waals surface area contributed by atoms with Gasteiger partial charge in [-0.25, -0.2) is 0 Å². The summed E-state index contributed by atoms with van der Waals surface area (Å²) in [5, 5.41) is 16.5. The molecule has 0 aliphatic rings. The summed E-state index contributed by atoms with van der Waals surface area (Å²) < 4.78 is 0. The van der Waals surface area contributed by atoms with Crippen molar-refractivity contribution in [2.45, 2.75) is 6.92 Å². The Hall–Kier alpha value is -5.65. The number of hydrogen-bond donors (Lipinski definition) is 0. The van der Waals surface area contributed by atoms with Crippen LogP contribution in [0.5, 0.6) is 0 Å². The zero-order valence-electron chi connectivity index (χ0n) is 23.3. The second-order valence-corrected chi connectivity index (χ2v) is 10.6. The number of anilines is 3. The molecule has 0 bridgehead atoms. The molecule has 0 aromatic heterocycles. The number of benzene rings is 7. The topological polar surface area (TPSA) is 27.0 Å². The van der Waals surface area contributed by atoms with Crippen LogP contribution in [0, 0.1) is 18.3 Å². The fourth-order valence-electron chi connectivity index (χ4n) is 5.90. The fraction of sp³-hybridized carbons (Fsp3) is 0.0250. The van der Waals surface area contributed by atoms with E-state index < -0.39 is 0 Å². The van der Waals surface area contributed by atoms with Crippen molar-refractivity contribution in [3.8, 4) is 6.07 Å². The Morgan fingerprint density at radius 2 is 1.05 bits per heavy atom. The first-order chi connectivity index (χ1) is 20.7. The summed E-state index contributed by atoms with van der Waals surface area (Å²) >= 11 is 0. The summed E-state index contributed by atoms with van der Waals surface area (Å²) in [6.07, 6.45) is 4.35. The lowest BCUT2D eigenvalue weighted by Crippen LogP contribution is -2.10. The minimum absolute atomic E-state index is 0.729. The van der Waals surface area contributed by atoms with E-state index in [-0.39, 0.29) is 0 Å². The fourth-order valence-corrected chi connectivity index (χ4v) is 5.90. The molecule has 0 radical (unpaired) electrons. The van der Waals surface area contributed by atoms with Crippen LogP contribution in [-0.2, 0) is 0 Å². The molecule has 7 aromatic rings. The quantitative estimate of drug-likeness (QED) is 0.162. The monoisotopic (exact) mass is 536 g/mol. The van der Waals surface area contributed by atoms with Crippen molar-refractivity contribution in [3.05, 3.63) is 162 Å². The van der Waals surface area contributed by atoms with Crippen molar-refractivity contribution in [2.24, 2.45) is 0 Å². The maximum absolute atomic E-state index is 9.97. The lowest BCUT2D eigenvalue weighted by molar-refractivity contribution is 1.29. The van der Waals surface area contributed by atoms with E-state index in [1.165, 1.54) is 16.3 Å². The van der Waals surface area contributed by atoms with E-state index in [2.05, 4.69) is 133 Å². The maximum Gasteiger partial charge on any atom is 0.100 e. The van der Waals surface area contributed by atoms with E-state index in [9.17, 15) is 5.26 Å². The van der Waals surface area contributed by atoms with Gasteiger partial charge in [0.1, 0.15) is 6.07 Å². The van der Waals surface area contributed by atoms with Gasteiger partial charge in [0.05, 0.1) is 11.3 Å². The van der Waals surface area contributed by atoms with Gasteiger partial charge in [-0.15, -0.1) is 0 Å². The molecule has 0 aliphatic heterocycles. The van der Waals surface area contributed by atoms with Crippen molar-refractivity contribution in [1.29, 1.82) is 5.26 Å². The lowest BCUT2D eigenvalue weighted by atomic mass is 9.92. The number of hydrogen-bond acceptors (Lipinski definition) is 2. The molecular formula is C40H28N2. The van der Waals surface area contributed by atoms with Gasteiger partial charge in [0, 0.05) is 27.5 Å². The maximum atomic E-state index is 9.97. The first-order valence-corrected chi connectivity index (χ1v) is 14.2. The molecule has 0 saturated heterocycles. The highest BCUT2D eigenvalue weighted by atomic mass is 15.1. The highest BCUT2D eigenvalue weighted by molar-refractivity contribution is 6.12. The molecule has 0 atom stereocenters. The van der Waals surface area contributed by atoms with Gasteiger partial charge >= 0.3 is 0 Å². The third kappa shape index (κ3) is 4.48.